The van der Waals surface area contributed by atoms with Crippen LogP contribution in [0.25, 0.3) is 17.1 Å². The van der Waals surface area contributed by atoms with E-state index in [1.54, 1.807) is 16.8 Å². The molecule has 6 nitrogen and oxygen atoms in total. The van der Waals surface area contributed by atoms with Crippen molar-refractivity contribution in [2.45, 2.75) is 39.4 Å². The average Bonchev–Trinajstić information content (AvgIpc) is 3.26. The minimum Gasteiger partial charge on any atom is -0.348 e. The Bertz CT molecular complexity index is 1490. The van der Waals surface area contributed by atoms with Gasteiger partial charge in [0.2, 0.25) is 0 Å². The Balaban J connectivity index is 1.48. The number of ketones is 1. The minimum atomic E-state index is -4.46. The number of fused-ring (bicyclic) bond motifs is 1. The summed E-state index contributed by atoms with van der Waals surface area (Å²) in [5.41, 5.74) is 2.02. The highest BCUT2D eigenvalue weighted by Gasteiger charge is 2.37. The Morgan fingerprint density at radius 3 is 2.34 bits per heavy atom. The van der Waals surface area contributed by atoms with E-state index in [4.69, 9.17) is 0 Å². The molecule has 9 heteroatoms. The van der Waals surface area contributed by atoms with Crippen LogP contribution in [-0.2, 0) is 19.1 Å². The molecule has 0 spiro atoms. The summed E-state index contributed by atoms with van der Waals surface area (Å²) in [5.74, 6) is 0.0102. The summed E-state index contributed by atoms with van der Waals surface area (Å²) < 4.78 is 40.8. The van der Waals surface area contributed by atoms with E-state index in [1.165, 1.54) is 18.3 Å². The van der Waals surface area contributed by atoms with Crippen molar-refractivity contribution in [2.75, 3.05) is 0 Å². The molecule has 0 aliphatic heterocycles. The molecule has 0 unspecified atom stereocenters. The highest BCUT2D eigenvalue weighted by Crippen LogP contribution is 2.40. The number of halogens is 3. The van der Waals surface area contributed by atoms with E-state index in [-0.39, 0.29) is 17.1 Å². The van der Waals surface area contributed by atoms with Crippen molar-refractivity contribution in [3.63, 3.8) is 0 Å². The van der Waals surface area contributed by atoms with Gasteiger partial charge in [0.15, 0.2) is 11.6 Å². The maximum Gasteiger partial charge on any atom is 0.416 e. The number of nitrogens with one attached hydrogen (secondary N) is 1. The first-order valence-electron chi connectivity index (χ1n) is 12.1. The maximum atomic E-state index is 13.2. The van der Waals surface area contributed by atoms with E-state index in [0.717, 1.165) is 17.7 Å². The zero-order chi connectivity index (χ0) is 27.1. The predicted octanol–water partition coefficient (Wildman–Crippen LogP) is 6.04. The van der Waals surface area contributed by atoms with Gasteiger partial charge in [-0.3, -0.25) is 9.59 Å². The van der Waals surface area contributed by atoms with Gasteiger partial charge in [-0.25, -0.2) is 9.67 Å². The number of benzene rings is 2. The maximum absolute atomic E-state index is 13.2. The highest BCUT2D eigenvalue weighted by atomic mass is 19.4. The third-order valence-electron chi connectivity index (χ3n) is 6.55. The van der Waals surface area contributed by atoms with Crippen LogP contribution >= 0.6 is 0 Å². The number of alkyl halides is 3. The summed E-state index contributed by atoms with van der Waals surface area (Å²) in [4.78, 5) is 30.2. The Labute approximate surface area is 217 Å². The quantitative estimate of drug-likeness (QED) is 0.350. The van der Waals surface area contributed by atoms with Crippen LogP contribution in [0.3, 0.4) is 0 Å². The number of hydrogen-bond donors (Lipinski definition) is 1. The average molecular weight is 519 g/mol. The van der Waals surface area contributed by atoms with Gasteiger partial charge in [-0.1, -0.05) is 56.3 Å². The van der Waals surface area contributed by atoms with Gasteiger partial charge in [-0.05, 0) is 41.7 Å². The lowest BCUT2D eigenvalue weighted by atomic mass is 9.75. The van der Waals surface area contributed by atoms with E-state index in [2.05, 4.69) is 15.4 Å². The molecule has 194 valence electrons. The van der Waals surface area contributed by atoms with Gasteiger partial charge in [-0.15, -0.1) is 0 Å². The Hall–Kier alpha value is -4.27. The van der Waals surface area contributed by atoms with Gasteiger partial charge < -0.3 is 5.32 Å². The number of Topliss-reactive ketones (excluding diaryl/α,β-unsaturated/α-hetero) is 1. The summed E-state index contributed by atoms with van der Waals surface area (Å²) in [6.45, 7) is 4.34. The predicted molar refractivity (Wildman–Crippen MR) is 136 cm³/mol. The van der Waals surface area contributed by atoms with E-state index in [0.29, 0.717) is 53.3 Å². The Kier molecular flexibility index (Phi) is 6.38. The molecule has 1 aliphatic rings. The number of amides is 1. The van der Waals surface area contributed by atoms with Gasteiger partial charge in [0.1, 0.15) is 5.69 Å². The Morgan fingerprint density at radius 1 is 1.00 bits per heavy atom. The summed E-state index contributed by atoms with van der Waals surface area (Å²) in [6.07, 6.45) is -2.19. The first-order valence-corrected chi connectivity index (χ1v) is 12.1. The molecule has 2 aromatic carbocycles. The second-order valence-corrected chi connectivity index (χ2v) is 10.2. The molecule has 4 aromatic rings. The van der Waals surface area contributed by atoms with Crippen molar-refractivity contribution < 1.29 is 22.8 Å². The molecule has 0 fully saturated rings. The monoisotopic (exact) mass is 518 g/mol. The molecule has 38 heavy (non-hydrogen) atoms. The third-order valence-corrected chi connectivity index (χ3v) is 6.55. The van der Waals surface area contributed by atoms with Crippen LogP contribution in [0.15, 0.2) is 72.9 Å². The van der Waals surface area contributed by atoms with Crippen molar-refractivity contribution in [2.24, 2.45) is 5.41 Å². The van der Waals surface area contributed by atoms with Crippen LogP contribution in [0.1, 0.15) is 57.8 Å². The highest BCUT2D eigenvalue weighted by molar-refractivity contribution is 6.04. The molecule has 1 amide bonds. The summed E-state index contributed by atoms with van der Waals surface area (Å²) in [5, 5.41) is 7.50. The number of aromatic nitrogens is 3. The normalized spacial score (nSPS) is 14.7. The number of carbonyl (C=O) groups is 2. The number of pyridine rings is 1. The standard InChI is InChI=1S/C29H25F3N4O2/c1-28(2)14-22-25(23(37)15-28)26(19-8-11-21(12-9-19)29(30,31)32)35-36(22)24-13-10-20(17-33-24)27(38)34-16-18-6-4-3-5-7-18/h3-13,17H,14-16H2,1-2H3,(H,34,38). The minimum absolute atomic E-state index is 0.116. The molecule has 0 saturated carbocycles. The summed E-state index contributed by atoms with van der Waals surface area (Å²) in [6, 6.07) is 17.4. The Morgan fingerprint density at radius 2 is 1.71 bits per heavy atom. The molecular formula is C29H25F3N4O2. The number of carbonyl (C=O) groups excluding carboxylic acids is 2. The molecule has 0 atom stereocenters. The molecule has 0 saturated heterocycles. The molecule has 1 N–H and O–H groups in total. The lowest BCUT2D eigenvalue weighted by Gasteiger charge is -2.29. The van der Waals surface area contributed by atoms with Crippen LogP contribution in [-0.4, -0.2) is 26.5 Å². The topological polar surface area (TPSA) is 76.9 Å². The van der Waals surface area contributed by atoms with Crippen LogP contribution < -0.4 is 5.32 Å². The zero-order valence-corrected chi connectivity index (χ0v) is 20.8. The number of rotatable bonds is 5. The summed E-state index contributed by atoms with van der Waals surface area (Å²) >= 11 is 0. The van der Waals surface area contributed by atoms with E-state index < -0.39 is 11.7 Å². The smallest absolute Gasteiger partial charge is 0.348 e. The fourth-order valence-electron chi connectivity index (χ4n) is 4.68. The molecule has 2 heterocycles. The van der Waals surface area contributed by atoms with Crippen molar-refractivity contribution in [3.05, 3.63) is 101 Å². The largest absolute Gasteiger partial charge is 0.416 e. The molecule has 1 aliphatic carbocycles. The fraction of sp³-hybridized carbons (Fsp3) is 0.241. The molecule has 0 radical (unpaired) electrons. The number of nitrogens with zero attached hydrogens (tertiary/aromatic N) is 3. The summed E-state index contributed by atoms with van der Waals surface area (Å²) in [7, 11) is 0. The second-order valence-electron chi connectivity index (χ2n) is 10.2. The zero-order valence-electron chi connectivity index (χ0n) is 20.8. The van der Waals surface area contributed by atoms with Crippen molar-refractivity contribution in [1.82, 2.24) is 20.1 Å². The van der Waals surface area contributed by atoms with Crippen molar-refractivity contribution >= 4 is 11.7 Å². The molecular weight excluding hydrogens is 493 g/mol. The molecule has 5 rings (SSSR count). The number of hydrogen-bond acceptors (Lipinski definition) is 4. The molecule has 2 aromatic heterocycles. The SMILES string of the molecule is CC1(C)CC(=O)c2c(-c3ccc(C(F)(F)F)cc3)nn(-c3ccc(C(=O)NCc4ccccc4)cn3)c2C1. The van der Waals surface area contributed by atoms with Gasteiger partial charge in [0.25, 0.3) is 5.91 Å². The van der Waals surface area contributed by atoms with E-state index in [1.807, 2.05) is 44.2 Å². The first kappa shape index (κ1) is 25.4. The van der Waals surface area contributed by atoms with Crippen LogP contribution in [0, 0.1) is 5.41 Å². The van der Waals surface area contributed by atoms with Crippen molar-refractivity contribution in [1.29, 1.82) is 0 Å². The van der Waals surface area contributed by atoms with Gasteiger partial charge in [-0.2, -0.15) is 18.3 Å². The van der Waals surface area contributed by atoms with Crippen molar-refractivity contribution in [3.8, 4) is 17.1 Å². The van der Waals surface area contributed by atoms with Crippen LogP contribution in [0.5, 0.6) is 0 Å². The van der Waals surface area contributed by atoms with E-state index in [9.17, 15) is 22.8 Å². The third kappa shape index (κ3) is 5.09. The fourth-order valence-corrected chi connectivity index (χ4v) is 4.68. The lowest BCUT2D eigenvalue weighted by Crippen LogP contribution is -2.28. The van der Waals surface area contributed by atoms with Crippen LogP contribution in [0.4, 0.5) is 13.2 Å². The van der Waals surface area contributed by atoms with Gasteiger partial charge in [0, 0.05) is 24.7 Å². The molecule has 0 bridgehead atoms. The van der Waals surface area contributed by atoms with E-state index >= 15 is 0 Å². The lowest BCUT2D eigenvalue weighted by molar-refractivity contribution is -0.137. The van der Waals surface area contributed by atoms with Crippen LogP contribution in [0.2, 0.25) is 0 Å². The van der Waals surface area contributed by atoms with Gasteiger partial charge >= 0.3 is 6.18 Å². The first-order chi connectivity index (χ1) is 18.0. The second kappa shape index (κ2) is 9.55. The van der Waals surface area contributed by atoms with Gasteiger partial charge in [0.05, 0.1) is 22.4 Å².